The Hall–Kier alpha value is -4.23. The number of fused-ring (bicyclic) bond motifs is 1. The maximum absolute atomic E-state index is 12.3. The minimum Gasteiger partial charge on any atom is -0.497 e. The molecule has 0 aliphatic heterocycles. The van der Waals surface area contributed by atoms with Crippen molar-refractivity contribution >= 4 is 34.4 Å². The first-order chi connectivity index (χ1) is 16.1. The van der Waals surface area contributed by atoms with Crippen molar-refractivity contribution in [3.63, 3.8) is 0 Å². The van der Waals surface area contributed by atoms with E-state index in [2.05, 4.69) is 20.3 Å². The molecule has 0 atom stereocenters. The molecule has 0 fully saturated rings. The molecular formula is C25H18ClN5O2. The zero-order valence-electron chi connectivity index (χ0n) is 17.5. The molecule has 2 aromatic heterocycles. The summed E-state index contributed by atoms with van der Waals surface area (Å²) in [5.74, 6) is 1.26. The lowest BCUT2D eigenvalue weighted by atomic mass is 10.1. The highest BCUT2D eigenvalue weighted by atomic mass is 35.5. The van der Waals surface area contributed by atoms with E-state index in [9.17, 15) is 4.79 Å². The number of halogens is 1. The quantitative estimate of drug-likeness (QED) is 0.366. The first-order valence-corrected chi connectivity index (χ1v) is 10.5. The second kappa shape index (κ2) is 8.72. The van der Waals surface area contributed by atoms with Crippen molar-refractivity contribution in [3.8, 4) is 28.3 Å². The number of benzene rings is 3. The molecule has 3 aromatic carbocycles. The predicted molar refractivity (Wildman–Crippen MR) is 130 cm³/mol. The minimum atomic E-state index is -0.297. The molecule has 0 unspecified atom stereocenters. The van der Waals surface area contributed by atoms with E-state index < -0.39 is 0 Å². The highest BCUT2D eigenvalue weighted by molar-refractivity contribution is 6.31. The van der Waals surface area contributed by atoms with Crippen LogP contribution in [0.5, 0.6) is 5.75 Å². The number of aromatic amines is 1. The van der Waals surface area contributed by atoms with Gasteiger partial charge in [0, 0.05) is 27.6 Å². The SMILES string of the molecule is COc1ccc(-c2cc(=O)[nH]c(Nc3nc(-c4ccccc4)c4cc(Cl)ccc4n3)n2)cc1. The van der Waals surface area contributed by atoms with Crippen molar-refractivity contribution < 1.29 is 4.74 Å². The van der Waals surface area contributed by atoms with Crippen molar-refractivity contribution in [1.29, 1.82) is 0 Å². The summed E-state index contributed by atoms with van der Waals surface area (Å²) in [5, 5.41) is 4.47. The van der Waals surface area contributed by atoms with Gasteiger partial charge in [-0.15, -0.1) is 0 Å². The first kappa shape index (κ1) is 20.7. The second-order valence-corrected chi connectivity index (χ2v) is 7.69. The number of nitrogens with one attached hydrogen (secondary N) is 2. The first-order valence-electron chi connectivity index (χ1n) is 10.1. The van der Waals surface area contributed by atoms with Crippen molar-refractivity contribution in [1.82, 2.24) is 19.9 Å². The van der Waals surface area contributed by atoms with Crippen LogP contribution in [0, 0.1) is 0 Å². The molecule has 2 heterocycles. The number of hydrogen-bond acceptors (Lipinski definition) is 6. The van der Waals surface area contributed by atoms with Gasteiger partial charge in [-0.05, 0) is 42.5 Å². The summed E-state index contributed by atoms with van der Waals surface area (Å²) in [6.07, 6.45) is 0. The molecule has 0 saturated heterocycles. The summed E-state index contributed by atoms with van der Waals surface area (Å²) in [5.41, 5.74) is 3.35. The van der Waals surface area contributed by atoms with Crippen LogP contribution in [0.4, 0.5) is 11.9 Å². The molecule has 0 radical (unpaired) electrons. The van der Waals surface area contributed by atoms with Gasteiger partial charge in [0.15, 0.2) is 0 Å². The molecule has 5 aromatic rings. The topological polar surface area (TPSA) is 92.8 Å². The summed E-state index contributed by atoms with van der Waals surface area (Å²) in [6.45, 7) is 0. The lowest BCUT2D eigenvalue weighted by Gasteiger charge is -2.11. The second-order valence-electron chi connectivity index (χ2n) is 7.26. The number of H-pyrrole nitrogens is 1. The fourth-order valence-electron chi connectivity index (χ4n) is 3.51. The number of ether oxygens (including phenoxy) is 1. The molecule has 0 spiro atoms. The fraction of sp³-hybridized carbons (Fsp3) is 0.0400. The van der Waals surface area contributed by atoms with Gasteiger partial charge in [0.05, 0.1) is 24.0 Å². The fourth-order valence-corrected chi connectivity index (χ4v) is 3.68. The van der Waals surface area contributed by atoms with Crippen LogP contribution in [-0.4, -0.2) is 27.0 Å². The number of rotatable bonds is 5. The maximum Gasteiger partial charge on any atom is 0.252 e. The van der Waals surface area contributed by atoms with Gasteiger partial charge in [0.25, 0.3) is 5.56 Å². The van der Waals surface area contributed by atoms with Crippen LogP contribution in [-0.2, 0) is 0 Å². The third kappa shape index (κ3) is 4.40. The zero-order chi connectivity index (χ0) is 22.8. The van der Waals surface area contributed by atoms with Crippen LogP contribution in [0.1, 0.15) is 0 Å². The Labute approximate surface area is 194 Å². The van der Waals surface area contributed by atoms with Gasteiger partial charge < -0.3 is 4.74 Å². The third-order valence-electron chi connectivity index (χ3n) is 5.06. The van der Waals surface area contributed by atoms with Crippen LogP contribution in [0.3, 0.4) is 0 Å². The van der Waals surface area contributed by atoms with Gasteiger partial charge in [0.2, 0.25) is 11.9 Å². The molecule has 0 aliphatic rings. The third-order valence-corrected chi connectivity index (χ3v) is 5.30. The molecule has 7 nitrogen and oxygen atoms in total. The number of anilines is 2. The van der Waals surface area contributed by atoms with Crippen molar-refractivity contribution in [2.75, 3.05) is 12.4 Å². The smallest absolute Gasteiger partial charge is 0.252 e. The van der Waals surface area contributed by atoms with Crippen LogP contribution in [0.25, 0.3) is 33.4 Å². The average molecular weight is 456 g/mol. The molecular weight excluding hydrogens is 438 g/mol. The lowest BCUT2D eigenvalue weighted by Crippen LogP contribution is -2.12. The predicted octanol–water partition coefficient (Wildman–Crippen LogP) is 5.45. The van der Waals surface area contributed by atoms with E-state index in [1.54, 1.807) is 13.2 Å². The normalized spacial score (nSPS) is 10.8. The monoisotopic (exact) mass is 455 g/mol. The number of nitrogens with zero attached hydrogens (tertiary/aromatic N) is 3. The minimum absolute atomic E-state index is 0.237. The van der Waals surface area contributed by atoms with E-state index in [4.69, 9.17) is 21.3 Å². The van der Waals surface area contributed by atoms with Crippen molar-refractivity contribution in [2.45, 2.75) is 0 Å². The van der Waals surface area contributed by atoms with Crippen molar-refractivity contribution in [2.24, 2.45) is 0 Å². The van der Waals surface area contributed by atoms with Crippen LogP contribution >= 0.6 is 11.6 Å². The Kier molecular flexibility index (Phi) is 5.46. The Balaban J connectivity index is 1.57. The zero-order valence-corrected chi connectivity index (χ0v) is 18.3. The number of aromatic nitrogens is 4. The van der Waals surface area contributed by atoms with Crippen LogP contribution in [0.2, 0.25) is 5.02 Å². The van der Waals surface area contributed by atoms with Crippen LogP contribution in [0.15, 0.2) is 83.7 Å². The highest BCUT2D eigenvalue weighted by Crippen LogP contribution is 2.30. The molecule has 0 saturated carbocycles. The molecule has 5 rings (SSSR count). The molecule has 2 N–H and O–H groups in total. The van der Waals surface area contributed by atoms with Gasteiger partial charge >= 0.3 is 0 Å². The van der Waals surface area contributed by atoms with Gasteiger partial charge in [-0.3, -0.25) is 15.1 Å². The molecule has 8 heteroatoms. The van der Waals surface area contributed by atoms with Gasteiger partial charge in [-0.1, -0.05) is 41.9 Å². The van der Waals surface area contributed by atoms with E-state index in [0.29, 0.717) is 22.2 Å². The Morgan fingerprint density at radius 3 is 2.42 bits per heavy atom. The van der Waals surface area contributed by atoms with Gasteiger partial charge in [-0.2, -0.15) is 0 Å². The summed E-state index contributed by atoms with van der Waals surface area (Å²) in [7, 11) is 1.60. The average Bonchev–Trinajstić information content (AvgIpc) is 2.84. The summed E-state index contributed by atoms with van der Waals surface area (Å²) >= 11 is 6.23. The highest BCUT2D eigenvalue weighted by Gasteiger charge is 2.12. The summed E-state index contributed by atoms with van der Waals surface area (Å²) < 4.78 is 5.20. The summed E-state index contributed by atoms with van der Waals surface area (Å²) in [4.78, 5) is 28.9. The van der Waals surface area contributed by atoms with Gasteiger partial charge in [0.1, 0.15) is 5.75 Å². The van der Waals surface area contributed by atoms with Crippen LogP contribution < -0.4 is 15.6 Å². The van der Waals surface area contributed by atoms with Gasteiger partial charge in [-0.25, -0.2) is 15.0 Å². The van der Waals surface area contributed by atoms with E-state index in [1.807, 2.05) is 66.7 Å². The van der Waals surface area contributed by atoms with E-state index in [0.717, 1.165) is 28.0 Å². The van der Waals surface area contributed by atoms with E-state index in [-0.39, 0.29) is 11.5 Å². The molecule has 33 heavy (non-hydrogen) atoms. The Morgan fingerprint density at radius 1 is 0.879 bits per heavy atom. The van der Waals surface area contributed by atoms with Crippen molar-refractivity contribution in [3.05, 3.63) is 94.2 Å². The largest absolute Gasteiger partial charge is 0.497 e. The Bertz CT molecular complexity index is 1500. The number of methoxy groups -OCH3 is 1. The van der Waals surface area contributed by atoms with E-state index in [1.165, 1.54) is 6.07 Å². The molecule has 162 valence electrons. The lowest BCUT2D eigenvalue weighted by molar-refractivity contribution is 0.415. The molecule has 0 bridgehead atoms. The Morgan fingerprint density at radius 2 is 1.67 bits per heavy atom. The molecule has 0 amide bonds. The maximum atomic E-state index is 12.3. The standard InChI is InChI=1S/C25H18ClN5O2/c1-33-18-10-7-15(8-11-18)21-14-22(32)29-24(28-21)31-25-27-20-12-9-17(26)13-19(20)23(30-25)16-5-3-2-4-6-16/h2-14H,1H3,(H2,27,28,29,30,31,32). The van der Waals surface area contributed by atoms with E-state index >= 15 is 0 Å². The molecule has 0 aliphatic carbocycles. The summed E-state index contributed by atoms with van der Waals surface area (Å²) in [6, 6.07) is 24.0. The number of hydrogen-bond donors (Lipinski definition) is 2.